The van der Waals surface area contributed by atoms with Crippen LogP contribution in [-0.4, -0.2) is 9.97 Å². The smallest absolute Gasteiger partial charge is 0.0979 e. The second kappa shape index (κ2) is 12.9. The Kier molecular flexibility index (Phi) is 7.39. The average molecular weight is 717 g/mol. The van der Waals surface area contributed by atoms with Gasteiger partial charge in [0.05, 0.1) is 22.9 Å². The number of thiophene rings is 1. The third-order valence-electron chi connectivity index (χ3n) is 10.9. The van der Waals surface area contributed by atoms with Gasteiger partial charge in [-0.3, -0.25) is 4.98 Å². The fourth-order valence-electron chi connectivity index (χ4n) is 8.17. The van der Waals surface area contributed by atoms with Gasteiger partial charge in [0.15, 0.2) is 0 Å². The number of benzene rings is 9. The molecule has 0 amide bonds. The molecule has 11 rings (SSSR count). The molecule has 55 heavy (non-hydrogen) atoms. The zero-order chi connectivity index (χ0) is 36.3. The van der Waals surface area contributed by atoms with Crippen molar-refractivity contribution in [2.24, 2.45) is 0 Å². The summed E-state index contributed by atoms with van der Waals surface area (Å²) in [7, 11) is 0. The van der Waals surface area contributed by atoms with Gasteiger partial charge in [-0.15, -0.1) is 11.3 Å². The zero-order valence-corrected chi connectivity index (χ0v) is 30.6. The summed E-state index contributed by atoms with van der Waals surface area (Å²) in [5.74, 6) is 0. The van der Waals surface area contributed by atoms with E-state index in [4.69, 9.17) is 9.97 Å². The van der Waals surface area contributed by atoms with Crippen LogP contribution in [0.2, 0.25) is 0 Å². The fraction of sp³-hybridized carbons (Fsp3) is 0. The van der Waals surface area contributed by atoms with Crippen molar-refractivity contribution in [1.29, 1.82) is 0 Å². The first kappa shape index (κ1) is 31.6. The molecule has 0 aliphatic rings. The average Bonchev–Trinajstić information content (AvgIpc) is 3.66. The maximum absolute atomic E-state index is 5.22. The van der Waals surface area contributed by atoms with Gasteiger partial charge in [0, 0.05) is 36.5 Å². The van der Waals surface area contributed by atoms with Crippen LogP contribution in [0.1, 0.15) is 0 Å². The molecule has 0 aliphatic heterocycles. The molecule has 0 radical (unpaired) electrons. The largest absolute Gasteiger partial charge is 0.252 e. The summed E-state index contributed by atoms with van der Waals surface area (Å²) in [6.45, 7) is 0. The van der Waals surface area contributed by atoms with Crippen LogP contribution in [0.25, 0.3) is 109 Å². The summed E-state index contributed by atoms with van der Waals surface area (Å²) >= 11 is 1.88. The minimum atomic E-state index is 0.870. The molecule has 11 aromatic rings. The fourth-order valence-corrected chi connectivity index (χ4v) is 9.41. The highest BCUT2D eigenvalue weighted by molar-refractivity contribution is 7.26. The maximum atomic E-state index is 5.22. The van der Waals surface area contributed by atoms with Crippen LogP contribution in [0.4, 0.5) is 0 Å². The molecule has 2 aromatic heterocycles. The van der Waals surface area contributed by atoms with E-state index in [9.17, 15) is 0 Å². The molecule has 0 bridgehead atoms. The van der Waals surface area contributed by atoms with Crippen LogP contribution in [0, 0.1) is 0 Å². The minimum Gasteiger partial charge on any atom is -0.252 e. The summed E-state index contributed by atoms with van der Waals surface area (Å²) in [4.78, 5) is 10.2. The van der Waals surface area contributed by atoms with E-state index in [1.54, 1.807) is 0 Å². The van der Waals surface area contributed by atoms with Crippen molar-refractivity contribution in [1.82, 2.24) is 9.97 Å². The Morgan fingerprint density at radius 2 is 0.800 bits per heavy atom. The van der Waals surface area contributed by atoms with Crippen LogP contribution in [0.5, 0.6) is 0 Å². The van der Waals surface area contributed by atoms with Gasteiger partial charge in [-0.1, -0.05) is 170 Å². The molecule has 3 heteroatoms. The minimum absolute atomic E-state index is 0.870. The molecule has 0 spiro atoms. The van der Waals surface area contributed by atoms with Crippen molar-refractivity contribution in [3.05, 3.63) is 194 Å². The van der Waals surface area contributed by atoms with E-state index < -0.39 is 0 Å². The van der Waals surface area contributed by atoms with E-state index in [1.807, 2.05) is 17.5 Å². The van der Waals surface area contributed by atoms with Crippen LogP contribution in [0.15, 0.2) is 194 Å². The zero-order valence-electron chi connectivity index (χ0n) is 29.8. The number of hydrogen-bond donors (Lipinski definition) is 0. The topological polar surface area (TPSA) is 25.8 Å². The van der Waals surface area contributed by atoms with Crippen molar-refractivity contribution in [2.75, 3.05) is 0 Å². The lowest BCUT2D eigenvalue weighted by Gasteiger charge is -2.11. The highest BCUT2D eigenvalue weighted by Crippen LogP contribution is 2.41. The van der Waals surface area contributed by atoms with Crippen LogP contribution >= 0.6 is 11.3 Å². The van der Waals surface area contributed by atoms with E-state index in [0.717, 1.165) is 44.2 Å². The number of nitrogens with zero attached hydrogens (tertiary/aromatic N) is 2. The van der Waals surface area contributed by atoms with Crippen molar-refractivity contribution in [2.45, 2.75) is 0 Å². The van der Waals surface area contributed by atoms with Gasteiger partial charge in [-0.05, 0) is 73.5 Å². The van der Waals surface area contributed by atoms with Gasteiger partial charge < -0.3 is 0 Å². The van der Waals surface area contributed by atoms with E-state index in [-0.39, 0.29) is 0 Å². The van der Waals surface area contributed by atoms with E-state index in [0.29, 0.717) is 0 Å². The Labute approximate surface area is 322 Å². The molecule has 0 unspecified atom stereocenters. The van der Waals surface area contributed by atoms with E-state index >= 15 is 0 Å². The first-order valence-corrected chi connectivity index (χ1v) is 19.5. The molecular formula is C52H32N2S. The van der Waals surface area contributed by atoms with Gasteiger partial charge in [0.1, 0.15) is 0 Å². The Hall–Kier alpha value is -6.94. The highest BCUT2D eigenvalue weighted by atomic mass is 32.1. The second-order valence-corrected chi connectivity index (χ2v) is 15.2. The summed E-state index contributed by atoms with van der Waals surface area (Å²) in [6.07, 6.45) is 1.91. The monoisotopic (exact) mass is 716 g/mol. The molecule has 9 aromatic carbocycles. The summed E-state index contributed by atoms with van der Waals surface area (Å²) in [6, 6.07) is 67.7. The third-order valence-corrected chi connectivity index (χ3v) is 12.2. The Balaban J connectivity index is 0.871. The van der Waals surface area contributed by atoms with Gasteiger partial charge >= 0.3 is 0 Å². The maximum Gasteiger partial charge on any atom is 0.0979 e. The normalized spacial score (nSPS) is 11.6. The predicted molar refractivity (Wildman–Crippen MR) is 235 cm³/mol. The van der Waals surface area contributed by atoms with Crippen molar-refractivity contribution in [3.63, 3.8) is 0 Å². The van der Waals surface area contributed by atoms with E-state index in [2.05, 4.69) is 188 Å². The predicted octanol–water partition coefficient (Wildman–Crippen LogP) is 14.6. The molecule has 0 saturated carbocycles. The third kappa shape index (κ3) is 5.40. The van der Waals surface area contributed by atoms with Crippen LogP contribution in [-0.2, 0) is 0 Å². The van der Waals surface area contributed by atoms with E-state index in [1.165, 1.54) is 64.3 Å². The molecular weight excluding hydrogens is 685 g/mol. The molecule has 2 nitrogen and oxygen atoms in total. The van der Waals surface area contributed by atoms with Gasteiger partial charge in [-0.2, -0.15) is 0 Å². The number of fused-ring (bicyclic) bond motifs is 9. The molecule has 256 valence electrons. The lowest BCUT2D eigenvalue weighted by Crippen LogP contribution is -1.92. The SMILES string of the molecule is c1cc(-c2ccc(-c3ccc(-c4cccc(-c5cccc6c5sc5ccccc56)c4)cc3)cc2)cc(-c2cnc3c4ccccc4c4ccccc4c3n2)c1. The summed E-state index contributed by atoms with van der Waals surface area (Å²) in [5.41, 5.74) is 13.4. The second-order valence-electron chi connectivity index (χ2n) is 14.1. The van der Waals surface area contributed by atoms with Crippen molar-refractivity contribution in [3.8, 4) is 55.8 Å². The van der Waals surface area contributed by atoms with Crippen LogP contribution in [0.3, 0.4) is 0 Å². The number of hydrogen-bond acceptors (Lipinski definition) is 3. The number of aromatic nitrogens is 2. The van der Waals surface area contributed by atoms with Crippen molar-refractivity contribution < 1.29 is 0 Å². The Morgan fingerprint density at radius 1 is 0.327 bits per heavy atom. The molecule has 0 saturated heterocycles. The standard InChI is InChI=1S/C52H32N2S/c1-3-17-45-42(14-1)43-15-2-4-18-46(43)51-50(45)53-32-48(54-51)40-13-8-11-38(31-40)36-28-24-34(25-29-36)33-22-26-35(27-23-33)37-10-7-12-39(30-37)41-19-9-20-47-44-16-5-6-21-49(44)55-52(41)47/h1-32H. The molecule has 0 aliphatic carbocycles. The Morgan fingerprint density at radius 3 is 1.45 bits per heavy atom. The molecule has 0 fully saturated rings. The lowest BCUT2D eigenvalue weighted by atomic mass is 9.95. The van der Waals surface area contributed by atoms with Gasteiger partial charge in [-0.25, -0.2) is 4.98 Å². The van der Waals surface area contributed by atoms with Crippen molar-refractivity contribution >= 4 is 64.1 Å². The first-order chi connectivity index (χ1) is 27.2. The number of rotatable bonds is 5. The first-order valence-electron chi connectivity index (χ1n) is 18.6. The molecule has 2 heterocycles. The summed E-state index contributed by atoms with van der Waals surface area (Å²) in [5, 5.41) is 7.32. The Bertz CT molecular complexity index is 3210. The highest BCUT2D eigenvalue weighted by Gasteiger charge is 2.14. The van der Waals surface area contributed by atoms with Gasteiger partial charge in [0.25, 0.3) is 0 Å². The molecule has 0 atom stereocenters. The lowest BCUT2D eigenvalue weighted by molar-refractivity contribution is 1.31. The quantitative estimate of drug-likeness (QED) is 0.166. The summed E-state index contributed by atoms with van der Waals surface area (Å²) < 4.78 is 2.67. The molecule has 0 N–H and O–H groups in total. The van der Waals surface area contributed by atoms with Gasteiger partial charge in [0.2, 0.25) is 0 Å². The van der Waals surface area contributed by atoms with Crippen LogP contribution < -0.4 is 0 Å².